The summed E-state index contributed by atoms with van der Waals surface area (Å²) in [7, 11) is 0. The molecule has 2 N–H and O–H groups in total. The number of fused-ring (bicyclic) bond motifs is 3. The van der Waals surface area contributed by atoms with Gasteiger partial charge >= 0.3 is 0 Å². The molecule has 0 saturated carbocycles. The highest BCUT2D eigenvalue weighted by atomic mass is 16.3. The number of carbonyl (C=O) groups excluding carboxylic acids is 1. The Morgan fingerprint density at radius 1 is 1.00 bits per heavy atom. The maximum atomic E-state index is 13.0. The van der Waals surface area contributed by atoms with Crippen LogP contribution in [-0.4, -0.2) is 25.5 Å². The number of aryl methyl sites for hydroxylation is 2. The van der Waals surface area contributed by atoms with Gasteiger partial charge in [-0.25, -0.2) is 9.97 Å². The van der Waals surface area contributed by atoms with Gasteiger partial charge < -0.3 is 15.0 Å². The summed E-state index contributed by atoms with van der Waals surface area (Å²) in [5, 5.41) is 14.0. The van der Waals surface area contributed by atoms with E-state index in [1.165, 1.54) is 0 Å². The number of phenols is 1. The van der Waals surface area contributed by atoms with E-state index < -0.39 is 0 Å². The van der Waals surface area contributed by atoms with Crippen LogP contribution >= 0.6 is 0 Å². The molecule has 5 aromatic rings. The van der Waals surface area contributed by atoms with E-state index in [1.54, 1.807) is 18.2 Å². The number of hydrogen-bond acceptors (Lipinski definition) is 4. The molecule has 0 aliphatic carbocycles. The number of imidazole rings is 1. The number of aromatic hydroxyl groups is 1. The highest BCUT2D eigenvalue weighted by Crippen LogP contribution is 2.32. The number of rotatable bonds is 7. The van der Waals surface area contributed by atoms with Crippen molar-refractivity contribution in [3.8, 4) is 5.75 Å². The minimum Gasteiger partial charge on any atom is -0.508 e. The number of nitrogens with one attached hydrogen (secondary N) is 1. The number of para-hydroxylation sites is 1. The minimum atomic E-state index is -0.214. The Balaban J connectivity index is 1.69. The summed E-state index contributed by atoms with van der Waals surface area (Å²) in [6.45, 7) is 4.68. The smallest absolute Gasteiger partial charge is 0.256 e. The molecule has 3 aromatic carbocycles. The second kappa shape index (κ2) is 9.58. The molecule has 0 aliphatic heterocycles. The lowest BCUT2D eigenvalue weighted by molar-refractivity contribution is 0.102. The van der Waals surface area contributed by atoms with Crippen LogP contribution < -0.4 is 5.32 Å². The van der Waals surface area contributed by atoms with E-state index in [2.05, 4.69) is 22.9 Å². The number of benzene rings is 3. The minimum absolute atomic E-state index is 0.214. The molecule has 6 nitrogen and oxygen atoms in total. The van der Waals surface area contributed by atoms with Gasteiger partial charge in [0.05, 0.1) is 11.0 Å². The van der Waals surface area contributed by atoms with Crippen LogP contribution in [0.15, 0.2) is 72.8 Å². The summed E-state index contributed by atoms with van der Waals surface area (Å²) in [4.78, 5) is 22.8. The summed E-state index contributed by atoms with van der Waals surface area (Å²) < 4.78 is 2.24. The van der Waals surface area contributed by atoms with Gasteiger partial charge in [-0.1, -0.05) is 61.9 Å². The van der Waals surface area contributed by atoms with Gasteiger partial charge in [0, 0.05) is 23.9 Å². The monoisotopic (exact) mass is 464 g/mol. The molecule has 0 aliphatic rings. The fourth-order valence-electron chi connectivity index (χ4n) is 4.43. The molecular formula is C29H28N4O2. The lowest BCUT2D eigenvalue weighted by Crippen LogP contribution is -2.13. The number of aromatic nitrogens is 3. The second-order valence-corrected chi connectivity index (χ2v) is 8.83. The van der Waals surface area contributed by atoms with Crippen LogP contribution in [0.5, 0.6) is 5.75 Å². The number of anilines is 1. The van der Waals surface area contributed by atoms with Crippen LogP contribution in [-0.2, 0) is 13.0 Å². The van der Waals surface area contributed by atoms with Crippen LogP contribution in [0.1, 0.15) is 47.1 Å². The Labute approximate surface area is 204 Å². The van der Waals surface area contributed by atoms with Crippen molar-refractivity contribution < 1.29 is 9.90 Å². The standard InChI is InChI=1S/C29H28N4O2/c1-3-4-14-25-31-26-27(33(25)18-20-15-16-24(34)19(2)17-20)22-12-8-9-13-23(22)30-28(26)32-29(35)21-10-6-5-7-11-21/h5-13,15-17,34H,3-4,14,18H2,1-2H3,(H,30,32,35). The Morgan fingerprint density at radius 2 is 1.77 bits per heavy atom. The zero-order valence-electron chi connectivity index (χ0n) is 20.0. The fourth-order valence-corrected chi connectivity index (χ4v) is 4.43. The summed E-state index contributed by atoms with van der Waals surface area (Å²) >= 11 is 0. The fraction of sp³-hybridized carbons (Fsp3) is 0.207. The van der Waals surface area contributed by atoms with E-state index in [-0.39, 0.29) is 11.7 Å². The average molecular weight is 465 g/mol. The predicted molar refractivity (Wildman–Crippen MR) is 140 cm³/mol. The number of unbranched alkanes of at least 4 members (excludes halogenated alkanes) is 1. The van der Waals surface area contributed by atoms with E-state index in [4.69, 9.17) is 9.97 Å². The van der Waals surface area contributed by atoms with Crippen LogP contribution in [0.3, 0.4) is 0 Å². The third kappa shape index (κ3) is 4.47. The van der Waals surface area contributed by atoms with Gasteiger partial charge in [-0.3, -0.25) is 4.79 Å². The highest BCUT2D eigenvalue weighted by molar-refractivity contribution is 6.12. The van der Waals surface area contributed by atoms with Crippen molar-refractivity contribution >= 4 is 33.7 Å². The van der Waals surface area contributed by atoms with Crippen molar-refractivity contribution in [1.82, 2.24) is 14.5 Å². The molecule has 2 heterocycles. The van der Waals surface area contributed by atoms with Crippen molar-refractivity contribution in [2.24, 2.45) is 0 Å². The third-order valence-electron chi connectivity index (χ3n) is 6.29. The first-order valence-electron chi connectivity index (χ1n) is 12.0. The number of carbonyl (C=O) groups is 1. The van der Waals surface area contributed by atoms with E-state index >= 15 is 0 Å². The van der Waals surface area contributed by atoms with Crippen molar-refractivity contribution in [3.63, 3.8) is 0 Å². The maximum absolute atomic E-state index is 13.0. The lowest BCUT2D eigenvalue weighted by Gasteiger charge is -2.13. The SMILES string of the molecule is CCCCc1nc2c(NC(=O)c3ccccc3)nc3ccccc3c2n1Cc1ccc(O)c(C)c1. The molecular weight excluding hydrogens is 436 g/mol. The molecule has 176 valence electrons. The number of nitrogens with zero attached hydrogens (tertiary/aromatic N) is 3. The van der Waals surface area contributed by atoms with E-state index in [0.29, 0.717) is 23.4 Å². The van der Waals surface area contributed by atoms with Gasteiger partial charge in [0.2, 0.25) is 0 Å². The maximum Gasteiger partial charge on any atom is 0.256 e. The quantitative estimate of drug-likeness (QED) is 0.299. The highest BCUT2D eigenvalue weighted by Gasteiger charge is 2.20. The Bertz CT molecular complexity index is 1520. The van der Waals surface area contributed by atoms with Crippen LogP contribution in [0, 0.1) is 6.92 Å². The molecule has 0 radical (unpaired) electrons. The molecule has 5 rings (SSSR count). The molecule has 1 amide bonds. The zero-order valence-corrected chi connectivity index (χ0v) is 20.0. The molecule has 35 heavy (non-hydrogen) atoms. The van der Waals surface area contributed by atoms with Crippen LogP contribution in [0.4, 0.5) is 5.82 Å². The molecule has 0 atom stereocenters. The van der Waals surface area contributed by atoms with Gasteiger partial charge in [0.1, 0.15) is 17.1 Å². The van der Waals surface area contributed by atoms with Gasteiger partial charge in [-0.2, -0.15) is 0 Å². The first-order chi connectivity index (χ1) is 17.0. The number of phenolic OH excluding ortho intramolecular Hbond substituents is 1. The van der Waals surface area contributed by atoms with Crippen molar-refractivity contribution in [2.45, 2.75) is 39.7 Å². The van der Waals surface area contributed by atoms with Crippen LogP contribution in [0.2, 0.25) is 0 Å². The molecule has 6 heteroatoms. The average Bonchev–Trinajstić information content (AvgIpc) is 3.24. The van der Waals surface area contributed by atoms with E-state index in [1.807, 2.05) is 55.5 Å². The molecule has 0 bridgehead atoms. The summed E-state index contributed by atoms with van der Waals surface area (Å²) in [5.74, 6) is 1.50. The lowest BCUT2D eigenvalue weighted by atomic mass is 10.1. The molecule has 0 saturated heterocycles. The Hall–Kier alpha value is -4.19. The largest absolute Gasteiger partial charge is 0.508 e. The molecule has 0 spiro atoms. The number of amides is 1. The van der Waals surface area contributed by atoms with Gasteiger partial charge in [-0.05, 0) is 48.7 Å². The van der Waals surface area contributed by atoms with Gasteiger partial charge in [-0.15, -0.1) is 0 Å². The summed E-state index contributed by atoms with van der Waals surface area (Å²) in [5.41, 5.74) is 4.93. The van der Waals surface area contributed by atoms with Crippen molar-refractivity contribution in [2.75, 3.05) is 5.32 Å². The van der Waals surface area contributed by atoms with Crippen molar-refractivity contribution in [1.29, 1.82) is 0 Å². The number of hydrogen-bond donors (Lipinski definition) is 2. The Morgan fingerprint density at radius 3 is 2.54 bits per heavy atom. The first kappa shape index (κ1) is 22.6. The van der Waals surface area contributed by atoms with Crippen molar-refractivity contribution in [3.05, 3.63) is 95.3 Å². The number of pyridine rings is 1. The Kier molecular flexibility index (Phi) is 6.19. The summed E-state index contributed by atoms with van der Waals surface area (Å²) in [6, 6.07) is 22.8. The van der Waals surface area contributed by atoms with Crippen LogP contribution in [0.25, 0.3) is 21.9 Å². The second-order valence-electron chi connectivity index (χ2n) is 8.83. The van der Waals surface area contributed by atoms with E-state index in [9.17, 15) is 9.90 Å². The third-order valence-corrected chi connectivity index (χ3v) is 6.29. The molecule has 0 unspecified atom stereocenters. The topological polar surface area (TPSA) is 80.0 Å². The first-order valence-corrected chi connectivity index (χ1v) is 12.0. The zero-order chi connectivity index (χ0) is 24.4. The van der Waals surface area contributed by atoms with Gasteiger partial charge in [0.25, 0.3) is 5.91 Å². The molecule has 2 aromatic heterocycles. The summed E-state index contributed by atoms with van der Waals surface area (Å²) in [6.07, 6.45) is 2.88. The van der Waals surface area contributed by atoms with E-state index in [0.717, 1.165) is 52.6 Å². The van der Waals surface area contributed by atoms with Gasteiger partial charge in [0.15, 0.2) is 5.82 Å². The normalized spacial score (nSPS) is 11.3. The predicted octanol–water partition coefficient (Wildman–Crippen LogP) is 6.24. The molecule has 0 fully saturated rings.